The lowest BCUT2D eigenvalue weighted by molar-refractivity contribution is 0.180. The second-order valence-corrected chi connectivity index (χ2v) is 6.35. The predicted molar refractivity (Wildman–Crippen MR) is 87.3 cm³/mol. The van der Waals surface area contributed by atoms with Crippen molar-refractivity contribution in [1.82, 2.24) is 4.90 Å². The number of para-hydroxylation sites is 1. The maximum absolute atomic E-state index is 6.21. The first kappa shape index (κ1) is 14.6. The van der Waals surface area contributed by atoms with Crippen LogP contribution in [0.1, 0.15) is 44.6 Å². The fourth-order valence-electron chi connectivity index (χ4n) is 3.85. The van der Waals surface area contributed by atoms with Gasteiger partial charge >= 0.3 is 0 Å². The number of hydrogen-bond donors (Lipinski definition) is 1. The van der Waals surface area contributed by atoms with Crippen molar-refractivity contribution in [2.75, 3.05) is 13.1 Å². The van der Waals surface area contributed by atoms with E-state index in [4.69, 9.17) is 10.2 Å². The SMILES string of the molecule is CCc1c(C(C)N2CC(CN)CC2C)oc2ccccc12. The molecule has 1 aliphatic rings. The first-order chi connectivity index (χ1) is 10.2. The number of benzene rings is 1. The maximum atomic E-state index is 6.21. The highest BCUT2D eigenvalue weighted by molar-refractivity contribution is 5.82. The molecule has 114 valence electrons. The van der Waals surface area contributed by atoms with E-state index < -0.39 is 0 Å². The molecule has 1 aliphatic heterocycles. The van der Waals surface area contributed by atoms with Crippen LogP contribution in [-0.4, -0.2) is 24.0 Å². The van der Waals surface area contributed by atoms with Gasteiger partial charge in [0.1, 0.15) is 11.3 Å². The molecule has 0 aliphatic carbocycles. The summed E-state index contributed by atoms with van der Waals surface area (Å²) in [6.45, 7) is 8.66. The molecule has 3 atom stereocenters. The Morgan fingerprint density at radius 3 is 2.81 bits per heavy atom. The highest BCUT2D eigenvalue weighted by Crippen LogP contribution is 2.37. The lowest BCUT2D eigenvalue weighted by atomic mass is 10.0. The van der Waals surface area contributed by atoms with Gasteiger partial charge in [0.05, 0.1) is 6.04 Å². The van der Waals surface area contributed by atoms with Crippen LogP contribution in [-0.2, 0) is 6.42 Å². The Morgan fingerprint density at radius 2 is 2.14 bits per heavy atom. The molecular weight excluding hydrogens is 260 g/mol. The molecule has 3 rings (SSSR count). The minimum atomic E-state index is 0.318. The number of fused-ring (bicyclic) bond motifs is 1. The van der Waals surface area contributed by atoms with E-state index in [1.807, 2.05) is 6.07 Å². The molecule has 2 heterocycles. The Labute approximate surface area is 127 Å². The van der Waals surface area contributed by atoms with Gasteiger partial charge in [-0.1, -0.05) is 25.1 Å². The molecule has 1 aromatic carbocycles. The molecule has 3 nitrogen and oxygen atoms in total. The van der Waals surface area contributed by atoms with Crippen LogP contribution >= 0.6 is 0 Å². The number of aryl methyl sites for hydroxylation is 1. The van der Waals surface area contributed by atoms with Crippen LogP contribution < -0.4 is 5.73 Å². The summed E-state index contributed by atoms with van der Waals surface area (Å²) in [5.41, 5.74) is 8.24. The predicted octanol–water partition coefficient (Wildman–Crippen LogP) is 3.73. The van der Waals surface area contributed by atoms with Gasteiger partial charge in [-0.05, 0) is 45.2 Å². The third-order valence-electron chi connectivity index (χ3n) is 5.00. The van der Waals surface area contributed by atoms with Crippen LogP contribution in [0.15, 0.2) is 28.7 Å². The lowest BCUT2D eigenvalue weighted by Gasteiger charge is -2.27. The van der Waals surface area contributed by atoms with E-state index >= 15 is 0 Å². The summed E-state index contributed by atoms with van der Waals surface area (Å²) in [5, 5.41) is 1.27. The van der Waals surface area contributed by atoms with Gasteiger partial charge in [0.25, 0.3) is 0 Å². The van der Waals surface area contributed by atoms with Crippen molar-refractivity contribution in [2.45, 2.75) is 45.7 Å². The molecule has 21 heavy (non-hydrogen) atoms. The molecule has 1 saturated heterocycles. The van der Waals surface area contributed by atoms with Crippen LogP contribution in [0, 0.1) is 5.92 Å². The molecule has 0 amide bonds. The second kappa shape index (κ2) is 5.82. The van der Waals surface area contributed by atoms with Crippen LogP contribution in [0.3, 0.4) is 0 Å². The van der Waals surface area contributed by atoms with Gasteiger partial charge in [-0.3, -0.25) is 4.90 Å². The van der Waals surface area contributed by atoms with Gasteiger partial charge in [-0.2, -0.15) is 0 Å². The first-order valence-corrected chi connectivity index (χ1v) is 8.11. The normalized spacial score (nSPS) is 24.8. The molecule has 0 radical (unpaired) electrons. The number of likely N-dealkylation sites (tertiary alicyclic amines) is 1. The number of hydrogen-bond acceptors (Lipinski definition) is 3. The van der Waals surface area contributed by atoms with E-state index in [1.54, 1.807) is 0 Å². The van der Waals surface area contributed by atoms with E-state index in [0.29, 0.717) is 18.0 Å². The Kier molecular flexibility index (Phi) is 4.05. The standard InChI is InChI=1S/C18H26N2O/c1-4-15-16-7-5-6-8-17(16)21-18(15)13(3)20-11-14(10-19)9-12(20)2/h5-8,12-14H,4,9-11,19H2,1-3H3. The van der Waals surface area contributed by atoms with Crippen molar-refractivity contribution >= 4 is 11.0 Å². The monoisotopic (exact) mass is 286 g/mol. The fraction of sp³-hybridized carbons (Fsp3) is 0.556. The van der Waals surface area contributed by atoms with Crippen LogP contribution in [0.2, 0.25) is 0 Å². The summed E-state index contributed by atoms with van der Waals surface area (Å²) >= 11 is 0. The average molecular weight is 286 g/mol. The zero-order valence-corrected chi connectivity index (χ0v) is 13.3. The molecule has 1 fully saturated rings. The molecular formula is C18H26N2O. The molecule has 0 saturated carbocycles. The summed E-state index contributed by atoms with van der Waals surface area (Å²) in [4.78, 5) is 2.55. The molecule has 0 spiro atoms. The maximum Gasteiger partial charge on any atom is 0.134 e. The van der Waals surface area contributed by atoms with Gasteiger partial charge in [0.2, 0.25) is 0 Å². The molecule has 2 aromatic rings. The number of nitrogens with two attached hydrogens (primary N) is 1. The molecule has 1 aromatic heterocycles. The summed E-state index contributed by atoms with van der Waals surface area (Å²) in [6.07, 6.45) is 2.21. The largest absolute Gasteiger partial charge is 0.459 e. The van der Waals surface area contributed by atoms with Gasteiger partial charge in [-0.25, -0.2) is 0 Å². The van der Waals surface area contributed by atoms with Crippen molar-refractivity contribution in [2.24, 2.45) is 11.7 Å². The van der Waals surface area contributed by atoms with E-state index in [2.05, 4.69) is 43.9 Å². The molecule has 2 N–H and O–H groups in total. The van der Waals surface area contributed by atoms with Gasteiger partial charge in [-0.15, -0.1) is 0 Å². The zero-order valence-electron chi connectivity index (χ0n) is 13.3. The van der Waals surface area contributed by atoms with Crippen molar-refractivity contribution < 1.29 is 4.42 Å². The van der Waals surface area contributed by atoms with Gasteiger partial charge in [0, 0.05) is 23.5 Å². The summed E-state index contributed by atoms with van der Waals surface area (Å²) in [5.74, 6) is 1.76. The highest BCUT2D eigenvalue weighted by atomic mass is 16.3. The average Bonchev–Trinajstić information content (AvgIpc) is 3.06. The highest BCUT2D eigenvalue weighted by Gasteiger charge is 2.34. The zero-order chi connectivity index (χ0) is 15.0. The summed E-state index contributed by atoms with van der Waals surface area (Å²) < 4.78 is 6.21. The Morgan fingerprint density at radius 1 is 1.38 bits per heavy atom. The van der Waals surface area contributed by atoms with E-state index in [9.17, 15) is 0 Å². The topological polar surface area (TPSA) is 42.4 Å². The molecule has 0 bridgehead atoms. The van der Waals surface area contributed by atoms with Gasteiger partial charge in [0.15, 0.2) is 0 Å². The van der Waals surface area contributed by atoms with Crippen molar-refractivity contribution in [3.05, 3.63) is 35.6 Å². The van der Waals surface area contributed by atoms with Crippen molar-refractivity contribution in [3.8, 4) is 0 Å². The summed E-state index contributed by atoms with van der Waals surface area (Å²) in [7, 11) is 0. The van der Waals surface area contributed by atoms with E-state index in [0.717, 1.165) is 30.9 Å². The first-order valence-electron chi connectivity index (χ1n) is 8.11. The minimum absolute atomic E-state index is 0.318. The number of nitrogens with zero attached hydrogens (tertiary/aromatic N) is 1. The molecule has 3 heteroatoms. The van der Waals surface area contributed by atoms with Crippen LogP contribution in [0.25, 0.3) is 11.0 Å². The summed E-state index contributed by atoms with van der Waals surface area (Å²) in [6, 6.07) is 9.27. The quantitative estimate of drug-likeness (QED) is 0.931. The Balaban J connectivity index is 1.96. The Bertz CT molecular complexity index is 619. The third-order valence-corrected chi connectivity index (χ3v) is 5.00. The smallest absolute Gasteiger partial charge is 0.134 e. The number of furan rings is 1. The van der Waals surface area contributed by atoms with Crippen LogP contribution in [0.5, 0.6) is 0 Å². The lowest BCUT2D eigenvalue weighted by Crippen LogP contribution is -2.31. The molecule has 3 unspecified atom stereocenters. The van der Waals surface area contributed by atoms with E-state index in [-0.39, 0.29) is 0 Å². The third kappa shape index (κ3) is 2.49. The number of rotatable bonds is 4. The van der Waals surface area contributed by atoms with Gasteiger partial charge < -0.3 is 10.2 Å². The Hall–Kier alpha value is -1.32. The second-order valence-electron chi connectivity index (χ2n) is 6.35. The van der Waals surface area contributed by atoms with Crippen molar-refractivity contribution in [1.29, 1.82) is 0 Å². The minimum Gasteiger partial charge on any atom is -0.459 e. The van der Waals surface area contributed by atoms with Crippen LogP contribution in [0.4, 0.5) is 0 Å². The van der Waals surface area contributed by atoms with Crippen molar-refractivity contribution in [3.63, 3.8) is 0 Å². The van der Waals surface area contributed by atoms with E-state index in [1.165, 1.54) is 17.4 Å². The fourth-order valence-corrected chi connectivity index (χ4v) is 3.85.